The molecule has 4 aromatic carbocycles. The molecule has 8 rings (SSSR count). The van der Waals surface area contributed by atoms with Gasteiger partial charge in [0.05, 0.1) is 16.7 Å². The fourth-order valence-electron chi connectivity index (χ4n) is 5.44. The quantitative estimate of drug-likeness (QED) is 0.243. The molecule has 0 N–H and O–H groups in total. The Hall–Kier alpha value is -5.42. The number of aromatic nitrogens is 4. The summed E-state index contributed by atoms with van der Waals surface area (Å²) in [6.07, 6.45) is 5.97. The maximum absolute atomic E-state index is 6.14. The molecule has 5 nitrogen and oxygen atoms in total. The van der Waals surface area contributed by atoms with Crippen molar-refractivity contribution in [2.45, 2.75) is 0 Å². The summed E-state index contributed by atoms with van der Waals surface area (Å²) in [7, 11) is 0. The molecule has 4 aromatic heterocycles. The van der Waals surface area contributed by atoms with Crippen molar-refractivity contribution in [1.29, 1.82) is 0 Å². The number of para-hydroxylation sites is 3. The van der Waals surface area contributed by atoms with E-state index in [1.165, 1.54) is 10.8 Å². The van der Waals surface area contributed by atoms with Gasteiger partial charge in [-0.3, -0.25) is 4.98 Å². The smallest absolute Gasteiger partial charge is 0.227 e. The summed E-state index contributed by atoms with van der Waals surface area (Å²) in [5.41, 5.74) is 8.92. The number of benzene rings is 4. The third kappa shape index (κ3) is 3.55. The lowest BCUT2D eigenvalue weighted by molar-refractivity contribution is 0.620. The standard InChI is InChI=1S/C34H22N4O/c1-3-12-31-27(9-1)28-15-14-23(34-36-30-11-2-4-13-33(30)39-34)21-32(28)38(31)26-20-24(29-10-5-6-16-35-29)19-25(22-26)37-17-7-8-18-37/h1-22H. The summed E-state index contributed by atoms with van der Waals surface area (Å²) < 4.78 is 10.6. The fourth-order valence-corrected chi connectivity index (χ4v) is 5.44. The minimum atomic E-state index is 0.616. The van der Waals surface area contributed by atoms with Gasteiger partial charge in [-0.2, -0.15) is 0 Å². The van der Waals surface area contributed by atoms with Crippen molar-refractivity contribution >= 4 is 32.9 Å². The number of hydrogen-bond acceptors (Lipinski definition) is 3. The molecule has 0 saturated heterocycles. The molecule has 8 aromatic rings. The van der Waals surface area contributed by atoms with Crippen molar-refractivity contribution in [2.75, 3.05) is 0 Å². The van der Waals surface area contributed by atoms with Crippen molar-refractivity contribution in [2.24, 2.45) is 0 Å². The maximum atomic E-state index is 6.14. The first-order valence-electron chi connectivity index (χ1n) is 12.9. The zero-order valence-electron chi connectivity index (χ0n) is 20.9. The average Bonchev–Trinajstić information content (AvgIpc) is 3.75. The molecule has 0 aliphatic heterocycles. The third-order valence-electron chi connectivity index (χ3n) is 7.24. The number of nitrogens with zero attached hydrogens (tertiary/aromatic N) is 4. The highest BCUT2D eigenvalue weighted by Crippen LogP contribution is 2.36. The van der Waals surface area contributed by atoms with Gasteiger partial charge in [-0.1, -0.05) is 42.5 Å². The number of pyridine rings is 1. The van der Waals surface area contributed by atoms with Crippen LogP contribution in [0.25, 0.3) is 67.0 Å². The minimum Gasteiger partial charge on any atom is -0.436 e. The normalized spacial score (nSPS) is 11.6. The van der Waals surface area contributed by atoms with Gasteiger partial charge >= 0.3 is 0 Å². The van der Waals surface area contributed by atoms with Gasteiger partial charge in [-0.25, -0.2) is 4.98 Å². The Morgan fingerprint density at radius 1 is 0.590 bits per heavy atom. The molecule has 0 fully saturated rings. The first-order valence-corrected chi connectivity index (χ1v) is 12.9. The largest absolute Gasteiger partial charge is 0.436 e. The Balaban J connectivity index is 1.41. The monoisotopic (exact) mass is 502 g/mol. The zero-order valence-corrected chi connectivity index (χ0v) is 20.9. The van der Waals surface area contributed by atoms with E-state index in [9.17, 15) is 0 Å². The maximum Gasteiger partial charge on any atom is 0.227 e. The van der Waals surface area contributed by atoms with E-state index in [-0.39, 0.29) is 0 Å². The molecule has 184 valence electrons. The van der Waals surface area contributed by atoms with Crippen LogP contribution in [0.15, 0.2) is 138 Å². The summed E-state index contributed by atoms with van der Waals surface area (Å²) in [4.78, 5) is 9.41. The van der Waals surface area contributed by atoms with Gasteiger partial charge in [0.25, 0.3) is 0 Å². The van der Waals surface area contributed by atoms with Crippen LogP contribution < -0.4 is 0 Å². The van der Waals surface area contributed by atoms with Gasteiger partial charge in [-0.15, -0.1) is 0 Å². The number of rotatable bonds is 4. The second-order valence-electron chi connectivity index (χ2n) is 9.61. The van der Waals surface area contributed by atoms with E-state index < -0.39 is 0 Å². The van der Waals surface area contributed by atoms with Crippen LogP contribution in [0.4, 0.5) is 0 Å². The molecule has 0 aliphatic carbocycles. The molecule has 4 heterocycles. The topological polar surface area (TPSA) is 48.8 Å². The van der Waals surface area contributed by atoms with Crippen LogP contribution in [-0.2, 0) is 0 Å². The summed E-state index contributed by atoms with van der Waals surface area (Å²) in [6, 6.07) is 39.6. The van der Waals surface area contributed by atoms with E-state index >= 15 is 0 Å². The molecule has 39 heavy (non-hydrogen) atoms. The second-order valence-corrected chi connectivity index (χ2v) is 9.61. The summed E-state index contributed by atoms with van der Waals surface area (Å²) in [5.74, 6) is 0.616. The van der Waals surface area contributed by atoms with Crippen molar-refractivity contribution in [1.82, 2.24) is 19.1 Å². The number of fused-ring (bicyclic) bond motifs is 4. The lowest BCUT2D eigenvalue weighted by atomic mass is 10.1. The van der Waals surface area contributed by atoms with Crippen molar-refractivity contribution < 1.29 is 4.42 Å². The van der Waals surface area contributed by atoms with E-state index in [0.717, 1.165) is 50.3 Å². The molecule has 0 bridgehead atoms. The van der Waals surface area contributed by atoms with Gasteiger partial charge in [-0.05, 0) is 72.8 Å². The Labute approximate surface area is 224 Å². The second kappa shape index (κ2) is 8.57. The molecule has 0 radical (unpaired) electrons. The SMILES string of the molecule is c1ccc(-c2cc(-n3cccc3)cc(-n3c4ccccc4c4ccc(-c5nc6ccccc6o5)cc43)c2)nc1. The Morgan fingerprint density at radius 3 is 2.26 bits per heavy atom. The Bertz CT molecular complexity index is 2090. The minimum absolute atomic E-state index is 0.616. The van der Waals surface area contributed by atoms with Gasteiger partial charge in [0.1, 0.15) is 5.52 Å². The average molecular weight is 503 g/mol. The highest BCUT2D eigenvalue weighted by atomic mass is 16.3. The summed E-state index contributed by atoms with van der Waals surface area (Å²) >= 11 is 0. The molecular weight excluding hydrogens is 480 g/mol. The third-order valence-corrected chi connectivity index (χ3v) is 7.24. The van der Waals surface area contributed by atoms with Crippen LogP contribution in [0.1, 0.15) is 0 Å². The number of hydrogen-bond donors (Lipinski definition) is 0. The van der Waals surface area contributed by atoms with Crippen LogP contribution in [0.2, 0.25) is 0 Å². The predicted molar refractivity (Wildman–Crippen MR) is 156 cm³/mol. The highest BCUT2D eigenvalue weighted by Gasteiger charge is 2.17. The van der Waals surface area contributed by atoms with Crippen LogP contribution in [0.3, 0.4) is 0 Å². The van der Waals surface area contributed by atoms with Gasteiger partial charge in [0.15, 0.2) is 5.58 Å². The van der Waals surface area contributed by atoms with Gasteiger partial charge < -0.3 is 13.6 Å². The van der Waals surface area contributed by atoms with E-state index in [0.29, 0.717) is 5.89 Å². The zero-order chi connectivity index (χ0) is 25.8. The van der Waals surface area contributed by atoms with Crippen LogP contribution in [0, 0.1) is 0 Å². The van der Waals surface area contributed by atoms with E-state index in [2.05, 4.69) is 93.2 Å². The van der Waals surface area contributed by atoms with E-state index in [1.807, 2.05) is 54.7 Å². The van der Waals surface area contributed by atoms with Crippen molar-refractivity contribution in [3.05, 3.63) is 134 Å². The molecule has 5 heteroatoms. The molecule has 0 amide bonds. The molecular formula is C34H22N4O. The highest BCUT2D eigenvalue weighted by molar-refractivity contribution is 6.10. The van der Waals surface area contributed by atoms with Gasteiger partial charge in [0.2, 0.25) is 5.89 Å². The van der Waals surface area contributed by atoms with Crippen LogP contribution in [0.5, 0.6) is 0 Å². The Kier molecular flexibility index (Phi) is 4.76. The van der Waals surface area contributed by atoms with E-state index in [1.54, 1.807) is 0 Å². The Morgan fingerprint density at radius 2 is 1.38 bits per heavy atom. The lowest BCUT2D eigenvalue weighted by Gasteiger charge is -2.14. The van der Waals surface area contributed by atoms with Crippen molar-refractivity contribution in [3.8, 4) is 34.1 Å². The molecule has 0 spiro atoms. The number of oxazole rings is 1. The predicted octanol–water partition coefficient (Wildman–Crippen LogP) is 8.44. The van der Waals surface area contributed by atoms with E-state index in [4.69, 9.17) is 9.40 Å². The van der Waals surface area contributed by atoms with Crippen LogP contribution >= 0.6 is 0 Å². The van der Waals surface area contributed by atoms with Crippen LogP contribution in [-0.4, -0.2) is 19.1 Å². The first-order chi connectivity index (χ1) is 19.3. The molecule has 0 saturated carbocycles. The summed E-state index contributed by atoms with van der Waals surface area (Å²) in [6.45, 7) is 0. The molecule has 0 atom stereocenters. The van der Waals surface area contributed by atoms with Crippen molar-refractivity contribution in [3.63, 3.8) is 0 Å². The lowest BCUT2D eigenvalue weighted by Crippen LogP contribution is -1.99. The first kappa shape index (κ1) is 21.6. The molecule has 0 aliphatic rings. The van der Waals surface area contributed by atoms with Gasteiger partial charge in [0, 0.05) is 51.9 Å². The summed E-state index contributed by atoms with van der Waals surface area (Å²) in [5, 5.41) is 2.37. The molecule has 0 unspecified atom stereocenters. The fraction of sp³-hybridized carbons (Fsp3) is 0.